The predicted molar refractivity (Wildman–Crippen MR) is 143 cm³/mol. The van der Waals surface area contributed by atoms with Crippen LogP contribution in [0.3, 0.4) is 0 Å². The molecule has 1 amide bonds. The molecule has 7 nitrogen and oxygen atoms in total. The van der Waals surface area contributed by atoms with Gasteiger partial charge in [-0.3, -0.25) is 4.79 Å². The highest BCUT2D eigenvalue weighted by molar-refractivity contribution is 6.05. The van der Waals surface area contributed by atoms with Crippen LogP contribution < -0.4 is 5.32 Å². The Morgan fingerprint density at radius 2 is 1.72 bits per heavy atom. The number of likely N-dealkylation sites (N-methyl/N-ethyl adjacent to an activating group) is 1. The van der Waals surface area contributed by atoms with Gasteiger partial charge in [0.15, 0.2) is 0 Å². The molecular weight excluding hydrogens is 450 g/mol. The molecule has 0 bridgehead atoms. The third kappa shape index (κ3) is 6.37. The van der Waals surface area contributed by atoms with Crippen LogP contribution in [0.5, 0.6) is 0 Å². The van der Waals surface area contributed by atoms with Gasteiger partial charge in [-0.1, -0.05) is 42.5 Å². The Morgan fingerprint density at radius 1 is 0.944 bits per heavy atom. The first-order valence-electron chi connectivity index (χ1n) is 12.5. The minimum atomic E-state index is -0.140. The number of nitrogens with zero attached hydrogens (tertiary/aromatic N) is 3. The number of piperazine rings is 1. The van der Waals surface area contributed by atoms with Gasteiger partial charge in [-0.05, 0) is 54.9 Å². The molecule has 0 aliphatic carbocycles. The molecule has 3 aromatic carbocycles. The first-order chi connectivity index (χ1) is 17.6. The zero-order chi connectivity index (χ0) is 24.7. The Bertz CT molecular complexity index is 1280. The fraction of sp³-hybridized carbons (Fsp3) is 0.310. The number of rotatable bonds is 9. The average molecular weight is 484 g/mol. The van der Waals surface area contributed by atoms with Gasteiger partial charge in [-0.25, -0.2) is 4.98 Å². The number of hydrogen-bond donors (Lipinski definition) is 2. The molecule has 0 unspecified atom stereocenters. The predicted octanol–water partition coefficient (Wildman–Crippen LogP) is 4.32. The molecule has 5 rings (SSSR count). The van der Waals surface area contributed by atoms with E-state index >= 15 is 0 Å². The number of anilines is 1. The van der Waals surface area contributed by atoms with Crippen molar-refractivity contribution < 1.29 is 9.53 Å². The number of amides is 1. The molecule has 0 radical (unpaired) electrons. The van der Waals surface area contributed by atoms with Gasteiger partial charge in [-0.15, -0.1) is 0 Å². The first kappa shape index (κ1) is 24.2. The van der Waals surface area contributed by atoms with Crippen molar-refractivity contribution >= 4 is 22.6 Å². The quantitative estimate of drug-likeness (QED) is 0.371. The molecule has 1 aliphatic rings. The summed E-state index contributed by atoms with van der Waals surface area (Å²) in [5.41, 5.74) is 5.42. The van der Waals surface area contributed by atoms with Crippen molar-refractivity contribution in [3.63, 3.8) is 0 Å². The van der Waals surface area contributed by atoms with E-state index in [2.05, 4.69) is 44.3 Å². The maximum Gasteiger partial charge on any atom is 0.255 e. The summed E-state index contributed by atoms with van der Waals surface area (Å²) in [5, 5.41) is 3.01. The molecule has 36 heavy (non-hydrogen) atoms. The monoisotopic (exact) mass is 483 g/mol. The third-order valence-electron chi connectivity index (χ3n) is 6.67. The highest BCUT2D eigenvalue weighted by Gasteiger charge is 2.13. The fourth-order valence-electron chi connectivity index (χ4n) is 4.43. The van der Waals surface area contributed by atoms with Gasteiger partial charge in [0.2, 0.25) is 0 Å². The molecule has 1 aromatic heterocycles. The van der Waals surface area contributed by atoms with Gasteiger partial charge in [0.05, 0.1) is 17.6 Å². The highest BCUT2D eigenvalue weighted by Crippen LogP contribution is 2.17. The van der Waals surface area contributed by atoms with Crippen LogP contribution in [0.25, 0.3) is 11.0 Å². The number of hydrogen-bond acceptors (Lipinski definition) is 5. The van der Waals surface area contributed by atoms with Crippen molar-refractivity contribution in [1.29, 1.82) is 0 Å². The zero-order valence-corrected chi connectivity index (χ0v) is 20.7. The lowest BCUT2D eigenvalue weighted by molar-refractivity contribution is 0.102. The van der Waals surface area contributed by atoms with E-state index in [1.165, 1.54) is 5.56 Å². The van der Waals surface area contributed by atoms with E-state index in [0.717, 1.165) is 67.3 Å². The van der Waals surface area contributed by atoms with Crippen molar-refractivity contribution in [2.24, 2.45) is 0 Å². The van der Waals surface area contributed by atoms with Crippen LogP contribution >= 0.6 is 0 Å². The number of benzene rings is 3. The molecule has 0 spiro atoms. The van der Waals surface area contributed by atoms with E-state index in [1.807, 2.05) is 54.6 Å². The number of carbonyl (C=O) groups is 1. The molecule has 1 fully saturated rings. The molecule has 0 atom stereocenters. The summed E-state index contributed by atoms with van der Waals surface area (Å²) in [7, 11) is 2.18. The van der Waals surface area contributed by atoms with E-state index in [0.29, 0.717) is 18.8 Å². The van der Waals surface area contributed by atoms with Gasteiger partial charge in [-0.2, -0.15) is 0 Å². The van der Waals surface area contributed by atoms with Crippen LogP contribution in [0.15, 0.2) is 72.8 Å². The summed E-state index contributed by atoms with van der Waals surface area (Å²) in [6.07, 6.45) is 1.02. The normalized spacial score (nSPS) is 14.8. The number of aromatic amines is 1. The van der Waals surface area contributed by atoms with E-state index in [1.54, 1.807) is 6.07 Å². The van der Waals surface area contributed by atoms with Gasteiger partial charge in [0.1, 0.15) is 12.4 Å². The van der Waals surface area contributed by atoms with Crippen molar-refractivity contribution in [2.45, 2.75) is 19.6 Å². The SMILES string of the molecule is CN1CCN(CCc2ccc(NC(=O)c3ccc4nc(COCc5ccccc5)[nH]c4c3)cc2)CC1. The topological polar surface area (TPSA) is 73.5 Å². The van der Waals surface area contributed by atoms with Crippen molar-refractivity contribution in [2.75, 3.05) is 45.1 Å². The molecule has 7 heteroatoms. The Balaban J connectivity index is 1.13. The second kappa shape index (κ2) is 11.5. The Hall–Kier alpha value is -3.52. The summed E-state index contributed by atoms with van der Waals surface area (Å²) < 4.78 is 5.78. The molecule has 2 N–H and O–H groups in total. The first-order valence-corrected chi connectivity index (χ1v) is 12.5. The Morgan fingerprint density at radius 3 is 2.50 bits per heavy atom. The minimum absolute atomic E-state index is 0.140. The van der Waals surface area contributed by atoms with E-state index in [9.17, 15) is 4.79 Å². The van der Waals surface area contributed by atoms with Crippen LogP contribution in [0.2, 0.25) is 0 Å². The second-order valence-electron chi connectivity index (χ2n) is 9.44. The lowest BCUT2D eigenvalue weighted by Crippen LogP contribution is -2.45. The second-order valence-corrected chi connectivity index (χ2v) is 9.44. The molecule has 2 heterocycles. The summed E-state index contributed by atoms with van der Waals surface area (Å²) in [6, 6.07) is 23.7. The highest BCUT2D eigenvalue weighted by atomic mass is 16.5. The summed E-state index contributed by atoms with van der Waals surface area (Å²) in [5.74, 6) is 0.601. The standard InChI is InChI=1S/C29H33N5O2/c1-33-15-17-34(18-16-33)14-13-22-7-10-25(11-8-22)30-29(35)24-9-12-26-27(19-24)32-28(31-26)21-36-20-23-5-3-2-4-6-23/h2-12,19H,13-18,20-21H2,1H3,(H,30,35)(H,31,32). The maximum atomic E-state index is 12.9. The summed E-state index contributed by atoms with van der Waals surface area (Å²) >= 11 is 0. The summed E-state index contributed by atoms with van der Waals surface area (Å²) in [4.78, 5) is 25.6. The van der Waals surface area contributed by atoms with Crippen LogP contribution in [-0.2, 0) is 24.4 Å². The zero-order valence-electron chi connectivity index (χ0n) is 20.7. The third-order valence-corrected chi connectivity index (χ3v) is 6.67. The molecule has 4 aromatic rings. The number of imidazole rings is 1. The molecule has 1 aliphatic heterocycles. The summed E-state index contributed by atoms with van der Waals surface area (Å²) in [6.45, 7) is 6.52. The number of nitrogens with one attached hydrogen (secondary N) is 2. The van der Waals surface area contributed by atoms with E-state index in [4.69, 9.17) is 4.74 Å². The van der Waals surface area contributed by atoms with Gasteiger partial charge in [0, 0.05) is 44.0 Å². The number of ether oxygens (including phenoxy) is 1. The van der Waals surface area contributed by atoms with E-state index < -0.39 is 0 Å². The van der Waals surface area contributed by atoms with Crippen molar-refractivity contribution in [1.82, 2.24) is 19.8 Å². The Kier molecular flexibility index (Phi) is 7.71. The van der Waals surface area contributed by atoms with Gasteiger partial charge >= 0.3 is 0 Å². The number of H-pyrrole nitrogens is 1. The van der Waals surface area contributed by atoms with Gasteiger partial charge < -0.3 is 24.8 Å². The van der Waals surface area contributed by atoms with Crippen LogP contribution in [0, 0.1) is 0 Å². The minimum Gasteiger partial charge on any atom is -0.369 e. The smallest absolute Gasteiger partial charge is 0.255 e. The maximum absolute atomic E-state index is 12.9. The van der Waals surface area contributed by atoms with Crippen molar-refractivity contribution in [3.05, 3.63) is 95.3 Å². The fourth-order valence-corrected chi connectivity index (χ4v) is 4.43. The Labute approximate surface area is 212 Å². The lowest BCUT2D eigenvalue weighted by atomic mass is 10.1. The molecule has 1 saturated heterocycles. The van der Waals surface area contributed by atoms with Gasteiger partial charge in [0.25, 0.3) is 5.91 Å². The van der Waals surface area contributed by atoms with Crippen LogP contribution in [0.1, 0.15) is 27.3 Å². The van der Waals surface area contributed by atoms with Crippen LogP contribution in [0.4, 0.5) is 5.69 Å². The van der Waals surface area contributed by atoms with Crippen LogP contribution in [-0.4, -0.2) is 65.4 Å². The number of fused-ring (bicyclic) bond motifs is 1. The van der Waals surface area contributed by atoms with E-state index in [-0.39, 0.29) is 5.91 Å². The van der Waals surface area contributed by atoms with Crippen molar-refractivity contribution in [3.8, 4) is 0 Å². The lowest BCUT2D eigenvalue weighted by Gasteiger charge is -2.32. The molecule has 0 saturated carbocycles. The largest absolute Gasteiger partial charge is 0.369 e. The number of aromatic nitrogens is 2. The number of carbonyl (C=O) groups excluding carboxylic acids is 1. The molecular formula is C29H33N5O2. The average Bonchev–Trinajstić information content (AvgIpc) is 3.32. The molecule has 186 valence electrons.